The molecule has 0 aromatic carbocycles. The van der Waals surface area contributed by atoms with E-state index in [0.717, 1.165) is 17.3 Å². The number of halogens is 1. The molecule has 19 heavy (non-hydrogen) atoms. The van der Waals surface area contributed by atoms with Crippen molar-refractivity contribution in [2.24, 2.45) is 0 Å². The molecule has 0 saturated heterocycles. The highest BCUT2D eigenvalue weighted by atomic mass is 79.9. The molecule has 0 aliphatic heterocycles. The molecule has 106 valence electrons. The number of sulfone groups is 1. The Bertz CT molecular complexity index is 590. The van der Waals surface area contributed by atoms with E-state index in [1.807, 2.05) is 10.8 Å². The summed E-state index contributed by atoms with van der Waals surface area (Å²) in [6.07, 6.45) is 5.23. The average Bonchev–Trinajstić information content (AvgIpc) is 2.99. The Morgan fingerprint density at radius 3 is 2.74 bits per heavy atom. The summed E-state index contributed by atoms with van der Waals surface area (Å²) in [5.41, 5.74) is 0.578. The highest BCUT2D eigenvalue weighted by Gasteiger charge is 2.28. The van der Waals surface area contributed by atoms with Gasteiger partial charge in [0.05, 0.1) is 5.75 Å². The Kier molecular flexibility index (Phi) is 4.06. The van der Waals surface area contributed by atoms with Crippen LogP contribution in [0.3, 0.4) is 0 Å². The molecule has 1 aliphatic rings. The van der Waals surface area contributed by atoms with Crippen LogP contribution in [0.2, 0.25) is 0 Å². The molecular formula is C12H17BrN2O3S. The predicted molar refractivity (Wildman–Crippen MR) is 77.0 cm³/mol. The Labute approximate surface area is 121 Å². The summed E-state index contributed by atoms with van der Waals surface area (Å²) < 4.78 is 25.2. The number of hydrogen-bond donors (Lipinski definition) is 1. The van der Waals surface area contributed by atoms with Gasteiger partial charge in [-0.25, -0.2) is 8.42 Å². The van der Waals surface area contributed by atoms with Crippen LogP contribution in [0.5, 0.6) is 0 Å². The number of hydrogen-bond acceptors (Lipinski definition) is 3. The molecule has 1 aliphatic carbocycles. The SMILES string of the molecule is CC(CS(C)(=O)=O)NC(=O)c1cc(Br)cn1C1CC1. The van der Waals surface area contributed by atoms with E-state index in [9.17, 15) is 13.2 Å². The number of nitrogens with zero attached hydrogens (tertiary/aromatic N) is 1. The van der Waals surface area contributed by atoms with E-state index in [2.05, 4.69) is 21.2 Å². The molecule has 1 atom stereocenters. The minimum absolute atomic E-state index is 0.0515. The Morgan fingerprint density at radius 1 is 1.58 bits per heavy atom. The Balaban J connectivity index is 2.07. The largest absolute Gasteiger partial charge is 0.347 e. The summed E-state index contributed by atoms with van der Waals surface area (Å²) in [7, 11) is -3.09. The van der Waals surface area contributed by atoms with Gasteiger partial charge in [0.1, 0.15) is 15.5 Å². The van der Waals surface area contributed by atoms with Gasteiger partial charge in [-0.05, 0) is 41.8 Å². The lowest BCUT2D eigenvalue weighted by molar-refractivity contribution is 0.0934. The van der Waals surface area contributed by atoms with E-state index in [1.54, 1.807) is 13.0 Å². The first-order chi connectivity index (χ1) is 8.76. The maximum Gasteiger partial charge on any atom is 0.268 e. The van der Waals surface area contributed by atoms with Gasteiger partial charge >= 0.3 is 0 Å². The number of nitrogens with one attached hydrogen (secondary N) is 1. The standard InChI is InChI=1S/C12H17BrN2O3S/c1-8(7-19(2,17)18)14-12(16)11-5-9(13)6-15(11)10-3-4-10/h5-6,8,10H,3-4,7H2,1-2H3,(H,14,16). The van der Waals surface area contributed by atoms with Crippen LogP contribution in [0.15, 0.2) is 16.7 Å². The first kappa shape index (κ1) is 14.6. The molecule has 0 bridgehead atoms. The molecule has 1 N–H and O–H groups in total. The number of amides is 1. The first-order valence-corrected chi connectivity index (χ1v) is 8.97. The van der Waals surface area contributed by atoms with E-state index in [0.29, 0.717) is 11.7 Å². The summed E-state index contributed by atoms with van der Waals surface area (Å²) in [5.74, 6) is -0.280. The van der Waals surface area contributed by atoms with Gasteiger partial charge in [0.2, 0.25) is 0 Å². The van der Waals surface area contributed by atoms with E-state index in [-0.39, 0.29) is 11.7 Å². The second-order valence-electron chi connectivity index (χ2n) is 5.15. The normalized spacial score (nSPS) is 17.2. The fourth-order valence-electron chi connectivity index (χ4n) is 2.08. The van der Waals surface area contributed by atoms with Crippen molar-refractivity contribution in [2.45, 2.75) is 31.8 Å². The third kappa shape index (κ3) is 4.07. The van der Waals surface area contributed by atoms with Crippen molar-refractivity contribution in [1.82, 2.24) is 9.88 Å². The lowest BCUT2D eigenvalue weighted by Crippen LogP contribution is -2.38. The number of carbonyl (C=O) groups is 1. The summed E-state index contributed by atoms with van der Waals surface area (Å²) in [5, 5.41) is 2.73. The molecule has 7 heteroatoms. The molecule has 5 nitrogen and oxygen atoms in total. The molecule has 1 unspecified atom stereocenters. The fourth-order valence-corrected chi connectivity index (χ4v) is 3.50. The van der Waals surface area contributed by atoms with E-state index in [1.165, 1.54) is 6.26 Å². The zero-order valence-electron chi connectivity index (χ0n) is 10.9. The summed E-state index contributed by atoms with van der Waals surface area (Å²) in [6.45, 7) is 1.69. The van der Waals surface area contributed by atoms with Crippen molar-refractivity contribution < 1.29 is 13.2 Å². The molecule has 1 aromatic rings. The molecule has 0 radical (unpaired) electrons. The molecule has 0 spiro atoms. The van der Waals surface area contributed by atoms with Gasteiger partial charge in [-0.1, -0.05) is 0 Å². The second kappa shape index (κ2) is 5.28. The molecule has 1 aromatic heterocycles. The Hall–Kier alpha value is -0.820. The fraction of sp³-hybridized carbons (Fsp3) is 0.583. The van der Waals surface area contributed by atoms with Gasteiger partial charge in [0.15, 0.2) is 0 Å². The number of aromatic nitrogens is 1. The third-order valence-corrected chi connectivity index (χ3v) is 4.46. The van der Waals surface area contributed by atoms with Crippen LogP contribution < -0.4 is 5.32 Å². The van der Waals surface area contributed by atoms with Crippen molar-refractivity contribution in [3.63, 3.8) is 0 Å². The average molecular weight is 349 g/mol. The molecular weight excluding hydrogens is 332 g/mol. The topological polar surface area (TPSA) is 68.2 Å². The number of carbonyl (C=O) groups excluding carboxylic acids is 1. The minimum atomic E-state index is -3.09. The molecule has 1 heterocycles. The summed E-state index contributed by atoms with van der Waals surface area (Å²) in [4.78, 5) is 12.2. The van der Waals surface area contributed by atoms with Crippen molar-refractivity contribution in [2.75, 3.05) is 12.0 Å². The van der Waals surface area contributed by atoms with Crippen LogP contribution in [-0.2, 0) is 9.84 Å². The zero-order valence-corrected chi connectivity index (χ0v) is 13.3. The monoisotopic (exact) mass is 348 g/mol. The van der Waals surface area contributed by atoms with Gasteiger partial charge in [-0.3, -0.25) is 4.79 Å². The van der Waals surface area contributed by atoms with Gasteiger partial charge in [0, 0.05) is 29.0 Å². The highest BCUT2D eigenvalue weighted by Crippen LogP contribution is 2.37. The molecule has 1 saturated carbocycles. The molecule has 1 fully saturated rings. The van der Waals surface area contributed by atoms with Crippen LogP contribution in [0.4, 0.5) is 0 Å². The smallest absolute Gasteiger partial charge is 0.268 e. The third-order valence-electron chi connectivity index (χ3n) is 2.92. The highest BCUT2D eigenvalue weighted by molar-refractivity contribution is 9.10. The van der Waals surface area contributed by atoms with Crippen molar-refractivity contribution in [3.8, 4) is 0 Å². The number of rotatable bonds is 5. The van der Waals surface area contributed by atoms with Gasteiger partial charge < -0.3 is 9.88 Å². The first-order valence-electron chi connectivity index (χ1n) is 6.12. The van der Waals surface area contributed by atoms with Crippen LogP contribution >= 0.6 is 15.9 Å². The van der Waals surface area contributed by atoms with Crippen LogP contribution in [-0.4, -0.2) is 36.9 Å². The molecule has 2 rings (SSSR count). The van der Waals surface area contributed by atoms with Crippen molar-refractivity contribution in [3.05, 3.63) is 22.4 Å². The van der Waals surface area contributed by atoms with E-state index < -0.39 is 15.9 Å². The van der Waals surface area contributed by atoms with Gasteiger partial charge in [-0.2, -0.15) is 0 Å². The molecule has 1 amide bonds. The van der Waals surface area contributed by atoms with Crippen molar-refractivity contribution >= 4 is 31.7 Å². The van der Waals surface area contributed by atoms with Gasteiger partial charge in [-0.15, -0.1) is 0 Å². The van der Waals surface area contributed by atoms with Crippen LogP contribution in [0.1, 0.15) is 36.3 Å². The predicted octanol–water partition coefficient (Wildman–Crippen LogP) is 1.75. The van der Waals surface area contributed by atoms with Gasteiger partial charge in [0.25, 0.3) is 5.91 Å². The second-order valence-corrected chi connectivity index (χ2v) is 8.25. The van der Waals surface area contributed by atoms with Crippen LogP contribution in [0, 0.1) is 0 Å². The minimum Gasteiger partial charge on any atom is -0.347 e. The van der Waals surface area contributed by atoms with E-state index >= 15 is 0 Å². The summed E-state index contributed by atoms with van der Waals surface area (Å²) in [6, 6.07) is 1.77. The maximum atomic E-state index is 12.2. The lowest BCUT2D eigenvalue weighted by atomic mass is 10.3. The quantitative estimate of drug-likeness (QED) is 0.881. The van der Waals surface area contributed by atoms with E-state index in [4.69, 9.17) is 0 Å². The van der Waals surface area contributed by atoms with Crippen LogP contribution in [0.25, 0.3) is 0 Å². The van der Waals surface area contributed by atoms with Crippen molar-refractivity contribution in [1.29, 1.82) is 0 Å². The zero-order chi connectivity index (χ0) is 14.2. The lowest BCUT2D eigenvalue weighted by Gasteiger charge is -2.14. The summed E-state index contributed by atoms with van der Waals surface area (Å²) >= 11 is 3.37. The Morgan fingerprint density at radius 2 is 2.21 bits per heavy atom. The maximum absolute atomic E-state index is 12.2.